The molecule has 2 heterocycles. The van der Waals surface area contributed by atoms with E-state index in [4.69, 9.17) is 4.74 Å². The Labute approximate surface area is 161 Å². The first-order valence-electron chi connectivity index (χ1n) is 9.47. The lowest BCUT2D eigenvalue weighted by atomic mass is 9.96. The van der Waals surface area contributed by atoms with Crippen LogP contribution in [0.1, 0.15) is 33.1 Å². The standard InChI is InChI=1S/C19H28N2O5S/c1-3-26-16-4-6-17(7-5-16)27(24,25)21-11-8-15(9-12-21)18(22)20-13-10-19(2,23)14-20/h4-7,15,23H,3,8-14H2,1-2H3/t19-/m1/s1. The molecule has 27 heavy (non-hydrogen) atoms. The van der Waals surface area contributed by atoms with Crippen LogP contribution in [0.15, 0.2) is 29.2 Å². The Kier molecular flexibility index (Phi) is 5.79. The second-order valence-electron chi connectivity index (χ2n) is 7.59. The van der Waals surface area contributed by atoms with E-state index in [0.29, 0.717) is 57.8 Å². The summed E-state index contributed by atoms with van der Waals surface area (Å²) in [6.07, 6.45) is 1.60. The third kappa shape index (κ3) is 4.44. The summed E-state index contributed by atoms with van der Waals surface area (Å²) in [6.45, 7) is 5.73. The predicted molar refractivity (Wildman–Crippen MR) is 101 cm³/mol. The number of hydrogen-bond acceptors (Lipinski definition) is 5. The van der Waals surface area contributed by atoms with Gasteiger partial charge in [0.25, 0.3) is 0 Å². The average Bonchev–Trinajstić information content (AvgIpc) is 3.02. The van der Waals surface area contributed by atoms with Gasteiger partial charge in [0.05, 0.1) is 17.1 Å². The van der Waals surface area contributed by atoms with E-state index >= 15 is 0 Å². The van der Waals surface area contributed by atoms with E-state index in [1.807, 2.05) is 6.92 Å². The normalized spacial score (nSPS) is 24.9. The first-order chi connectivity index (χ1) is 12.7. The summed E-state index contributed by atoms with van der Waals surface area (Å²) < 4.78 is 32.5. The molecule has 1 N–H and O–H groups in total. The number of benzene rings is 1. The van der Waals surface area contributed by atoms with Crippen molar-refractivity contribution in [1.29, 1.82) is 0 Å². The molecule has 1 atom stereocenters. The van der Waals surface area contributed by atoms with Crippen LogP contribution in [-0.4, -0.2) is 67.0 Å². The van der Waals surface area contributed by atoms with E-state index in [1.165, 1.54) is 4.31 Å². The molecule has 0 unspecified atom stereocenters. The molecule has 0 aromatic heterocycles. The first kappa shape index (κ1) is 20.1. The highest BCUT2D eigenvalue weighted by Gasteiger charge is 2.38. The fourth-order valence-electron chi connectivity index (χ4n) is 3.76. The van der Waals surface area contributed by atoms with Crippen molar-refractivity contribution in [3.63, 3.8) is 0 Å². The van der Waals surface area contributed by atoms with Gasteiger partial charge in [-0.2, -0.15) is 4.31 Å². The predicted octanol–water partition coefficient (Wildman–Crippen LogP) is 1.47. The van der Waals surface area contributed by atoms with Gasteiger partial charge in [-0.1, -0.05) is 0 Å². The average molecular weight is 397 g/mol. The summed E-state index contributed by atoms with van der Waals surface area (Å²) in [5, 5.41) is 10.0. The summed E-state index contributed by atoms with van der Waals surface area (Å²) in [7, 11) is -3.57. The monoisotopic (exact) mass is 396 g/mol. The van der Waals surface area contributed by atoms with E-state index in [9.17, 15) is 18.3 Å². The van der Waals surface area contributed by atoms with Gasteiger partial charge in [0.1, 0.15) is 5.75 Å². The Balaban J connectivity index is 1.60. The first-order valence-corrected chi connectivity index (χ1v) is 10.9. The summed E-state index contributed by atoms with van der Waals surface area (Å²) in [6, 6.07) is 6.44. The molecule has 2 aliphatic heterocycles. The molecule has 1 aromatic rings. The van der Waals surface area contributed by atoms with Crippen molar-refractivity contribution in [2.24, 2.45) is 5.92 Å². The molecule has 8 heteroatoms. The highest BCUT2D eigenvalue weighted by molar-refractivity contribution is 7.89. The van der Waals surface area contributed by atoms with Crippen molar-refractivity contribution >= 4 is 15.9 Å². The largest absolute Gasteiger partial charge is 0.494 e. The number of piperidine rings is 1. The van der Waals surface area contributed by atoms with Crippen molar-refractivity contribution in [3.8, 4) is 5.75 Å². The van der Waals surface area contributed by atoms with Crippen LogP contribution in [-0.2, 0) is 14.8 Å². The molecule has 2 fully saturated rings. The SMILES string of the molecule is CCOc1ccc(S(=O)(=O)N2CCC(C(=O)N3CC[C@@](C)(O)C3)CC2)cc1. The van der Waals surface area contributed by atoms with Gasteiger partial charge in [0.15, 0.2) is 0 Å². The zero-order valence-corrected chi connectivity index (χ0v) is 16.7. The van der Waals surface area contributed by atoms with Crippen molar-refractivity contribution in [2.45, 2.75) is 43.6 Å². The number of nitrogens with zero attached hydrogens (tertiary/aromatic N) is 2. The minimum Gasteiger partial charge on any atom is -0.494 e. The number of rotatable bonds is 5. The van der Waals surface area contributed by atoms with Crippen molar-refractivity contribution in [1.82, 2.24) is 9.21 Å². The molecular formula is C19H28N2O5S. The molecule has 150 valence electrons. The van der Waals surface area contributed by atoms with Crippen molar-refractivity contribution in [2.75, 3.05) is 32.8 Å². The van der Waals surface area contributed by atoms with Crippen molar-refractivity contribution < 1.29 is 23.1 Å². The third-order valence-corrected chi connectivity index (χ3v) is 7.25. The van der Waals surface area contributed by atoms with E-state index in [2.05, 4.69) is 0 Å². The molecular weight excluding hydrogens is 368 g/mol. The number of hydrogen-bond donors (Lipinski definition) is 1. The Bertz CT molecular complexity index is 768. The Morgan fingerprint density at radius 3 is 2.37 bits per heavy atom. The number of amides is 1. The summed E-state index contributed by atoms with van der Waals surface area (Å²) >= 11 is 0. The van der Waals surface area contributed by atoms with E-state index in [0.717, 1.165) is 0 Å². The van der Waals surface area contributed by atoms with Crippen LogP contribution < -0.4 is 4.74 Å². The van der Waals surface area contributed by atoms with Gasteiger partial charge >= 0.3 is 0 Å². The highest BCUT2D eigenvalue weighted by Crippen LogP contribution is 2.28. The molecule has 7 nitrogen and oxygen atoms in total. The summed E-state index contributed by atoms with van der Waals surface area (Å²) in [4.78, 5) is 14.6. The lowest BCUT2D eigenvalue weighted by Crippen LogP contribution is -2.44. The zero-order chi connectivity index (χ0) is 19.7. The van der Waals surface area contributed by atoms with Crippen LogP contribution in [0.25, 0.3) is 0 Å². The number of sulfonamides is 1. The fraction of sp³-hybridized carbons (Fsp3) is 0.632. The van der Waals surface area contributed by atoms with Gasteiger partial charge < -0.3 is 14.7 Å². The highest BCUT2D eigenvalue weighted by atomic mass is 32.2. The van der Waals surface area contributed by atoms with Gasteiger partial charge in [0.2, 0.25) is 15.9 Å². The molecule has 2 aliphatic rings. The lowest BCUT2D eigenvalue weighted by Gasteiger charge is -2.32. The quantitative estimate of drug-likeness (QED) is 0.814. The number of aliphatic hydroxyl groups is 1. The third-order valence-electron chi connectivity index (χ3n) is 5.34. The molecule has 0 aliphatic carbocycles. The molecule has 0 radical (unpaired) electrons. The van der Waals surface area contributed by atoms with Gasteiger partial charge in [0, 0.05) is 32.1 Å². The van der Waals surface area contributed by atoms with E-state index < -0.39 is 15.6 Å². The van der Waals surface area contributed by atoms with Gasteiger partial charge in [-0.05, 0) is 57.4 Å². The van der Waals surface area contributed by atoms with Crippen LogP contribution >= 0.6 is 0 Å². The van der Waals surface area contributed by atoms with E-state index in [-0.39, 0.29) is 16.7 Å². The second-order valence-corrected chi connectivity index (χ2v) is 9.53. The summed E-state index contributed by atoms with van der Waals surface area (Å²) in [5.41, 5.74) is -0.812. The molecule has 2 saturated heterocycles. The van der Waals surface area contributed by atoms with Crippen molar-refractivity contribution in [3.05, 3.63) is 24.3 Å². The van der Waals surface area contributed by atoms with Crippen LogP contribution in [0.4, 0.5) is 0 Å². The number of ether oxygens (including phenoxy) is 1. The van der Waals surface area contributed by atoms with Crippen LogP contribution in [0, 0.1) is 5.92 Å². The number of carbonyl (C=O) groups excluding carboxylic acids is 1. The Hall–Kier alpha value is -1.64. The van der Waals surface area contributed by atoms with Gasteiger partial charge in [-0.25, -0.2) is 8.42 Å². The van der Waals surface area contributed by atoms with Crippen LogP contribution in [0.5, 0.6) is 5.75 Å². The molecule has 0 spiro atoms. The van der Waals surface area contributed by atoms with Crippen LogP contribution in [0.3, 0.4) is 0 Å². The molecule has 0 saturated carbocycles. The van der Waals surface area contributed by atoms with Crippen LogP contribution in [0.2, 0.25) is 0 Å². The zero-order valence-electron chi connectivity index (χ0n) is 15.9. The van der Waals surface area contributed by atoms with E-state index in [1.54, 1.807) is 36.1 Å². The number of likely N-dealkylation sites (tertiary alicyclic amines) is 1. The lowest BCUT2D eigenvalue weighted by molar-refractivity contribution is -0.136. The Morgan fingerprint density at radius 2 is 1.85 bits per heavy atom. The maximum Gasteiger partial charge on any atom is 0.243 e. The fourth-order valence-corrected chi connectivity index (χ4v) is 5.23. The maximum absolute atomic E-state index is 12.8. The number of carbonyl (C=O) groups is 1. The maximum atomic E-state index is 12.8. The summed E-state index contributed by atoms with van der Waals surface area (Å²) in [5.74, 6) is 0.499. The molecule has 1 amide bonds. The Morgan fingerprint density at radius 1 is 1.22 bits per heavy atom. The smallest absolute Gasteiger partial charge is 0.243 e. The minimum absolute atomic E-state index is 0.0332. The minimum atomic E-state index is -3.57. The molecule has 3 rings (SSSR count). The van der Waals surface area contributed by atoms with Gasteiger partial charge in [-0.15, -0.1) is 0 Å². The second kappa shape index (κ2) is 7.77. The van der Waals surface area contributed by atoms with Gasteiger partial charge in [-0.3, -0.25) is 4.79 Å². The molecule has 0 bridgehead atoms. The number of β-amino-alcohol motifs (C(OH)–C–C–N with tert-alkyl or cyclic N) is 1. The molecule has 1 aromatic carbocycles. The topological polar surface area (TPSA) is 87.2 Å².